The lowest BCUT2D eigenvalue weighted by atomic mass is 9.95. The predicted octanol–water partition coefficient (Wildman–Crippen LogP) is 3.61. The first kappa shape index (κ1) is 16.8. The zero-order chi connectivity index (χ0) is 19.0. The van der Waals surface area contributed by atoms with E-state index in [-0.39, 0.29) is 17.2 Å². The zero-order valence-electron chi connectivity index (χ0n) is 14.5. The molecule has 6 heteroatoms. The fourth-order valence-corrected chi connectivity index (χ4v) is 3.24. The molecule has 0 spiro atoms. The van der Waals surface area contributed by atoms with E-state index in [1.807, 2.05) is 24.3 Å². The number of benzene rings is 2. The van der Waals surface area contributed by atoms with Crippen LogP contribution in [0.4, 0.5) is 5.82 Å². The van der Waals surface area contributed by atoms with Crippen molar-refractivity contribution in [2.45, 2.75) is 13.0 Å². The van der Waals surface area contributed by atoms with Crippen LogP contribution in [0.5, 0.6) is 0 Å². The van der Waals surface area contributed by atoms with Gasteiger partial charge in [0, 0.05) is 11.6 Å². The summed E-state index contributed by atoms with van der Waals surface area (Å²) in [4.78, 5) is 26.9. The summed E-state index contributed by atoms with van der Waals surface area (Å²) >= 11 is 0. The number of aliphatic hydroxyl groups excluding tert-OH is 1. The predicted molar refractivity (Wildman–Crippen MR) is 98.9 cm³/mol. The van der Waals surface area contributed by atoms with Gasteiger partial charge < -0.3 is 9.63 Å². The van der Waals surface area contributed by atoms with Gasteiger partial charge in [-0.1, -0.05) is 65.8 Å². The highest BCUT2D eigenvalue weighted by Gasteiger charge is 2.48. The van der Waals surface area contributed by atoms with Gasteiger partial charge in [0.05, 0.1) is 11.6 Å². The van der Waals surface area contributed by atoms with Gasteiger partial charge >= 0.3 is 5.91 Å². The molecule has 6 nitrogen and oxygen atoms in total. The number of carbonyl (C=O) groups excluding carboxylic acids is 2. The van der Waals surface area contributed by atoms with Crippen LogP contribution < -0.4 is 4.90 Å². The van der Waals surface area contributed by atoms with Crippen LogP contribution in [0.2, 0.25) is 0 Å². The van der Waals surface area contributed by atoms with Gasteiger partial charge in [0.15, 0.2) is 5.82 Å². The monoisotopic (exact) mass is 360 g/mol. The molecule has 1 aromatic heterocycles. The number of Topliss-reactive ketones (excluding diaryl/α,β-unsaturated/α-hetero) is 1. The van der Waals surface area contributed by atoms with E-state index in [4.69, 9.17) is 4.52 Å². The van der Waals surface area contributed by atoms with Crippen molar-refractivity contribution in [3.63, 3.8) is 0 Å². The molecule has 0 bridgehead atoms. The Morgan fingerprint density at radius 2 is 1.67 bits per heavy atom. The van der Waals surface area contributed by atoms with E-state index in [9.17, 15) is 14.7 Å². The summed E-state index contributed by atoms with van der Waals surface area (Å²) in [6, 6.07) is 18.5. The molecule has 2 heterocycles. The Morgan fingerprint density at radius 3 is 2.26 bits per heavy atom. The largest absolute Gasteiger partial charge is 0.507 e. The van der Waals surface area contributed by atoms with Gasteiger partial charge in [-0.05, 0) is 12.5 Å². The van der Waals surface area contributed by atoms with Gasteiger partial charge in [-0.15, -0.1) is 0 Å². The number of amides is 1. The number of anilines is 1. The number of ketones is 1. The molecule has 1 amide bonds. The van der Waals surface area contributed by atoms with Gasteiger partial charge in [0.2, 0.25) is 0 Å². The number of hydrogen-bond acceptors (Lipinski definition) is 5. The molecule has 1 saturated heterocycles. The fraction of sp³-hybridized carbons (Fsp3) is 0.0952. The lowest BCUT2D eigenvalue weighted by Crippen LogP contribution is -2.29. The maximum atomic E-state index is 12.8. The van der Waals surface area contributed by atoms with E-state index in [0.29, 0.717) is 16.9 Å². The number of aromatic nitrogens is 1. The molecule has 3 aromatic rings. The van der Waals surface area contributed by atoms with Crippen molar-refractivity contribution in [1.82, 2.24) is 5.16 Å². The van der Waals surface area contributed by atoms with E-state index in [1.165, 1.54) is 4.90 Å². The third-order valence-electron chi connectivity index (χ3n) is 4.47. The number of carbonyl (C=O) groups is 2. The smallest absolute Gasteiger partial charge is 0.301 e. The van der Waals surface area contributed by atoms with Crippen LogP contribution in [-0.4, -0.2) is 22.0 Å². The zero-order valence-corrected chi connectivity index (χ0v) is 14.5. The van der Waals surface area contributed by atoms with Crippen molar-refractivity contribution in [2.75, 3.05) is 4.90 Å². The Morgan fingerprint density at radius 1 is 1.04 bits per heavy atom. The summed E-state index contributed by atoms with van der Waals surface area (Å²) in [6.45, 7) is 1.70. The van der Waals surface area contributed by atoms with Crippen molar-refractivity contribution >= 4 is 23.3 Å². The summed E-state index contributed by atoms with van der Waals surface area (Å²) in [6.07, 6.45) is 0. The summed E-state index contributed by atoms with van der Waals surface area (Å²) in [5.74, 6) is -0.983. The van der Waals surface area contributed by atoms with Crippen LogP contribution >= 0.6 is 0 Å². The van der Waals surface area contributed by atoms with Crippen LogP contribution in [0.15, 0.2) is 76.8 Å². The van der Waals surface area contributed by atoms with E-state index in [1.54, 1.807) is 49.4 Å². The third-order valence-corrected chi connectivity index (χ3v) is 4.47. The first-order valence-electron chi connectivity index (χ1n) is 8.42. The number of aliphatic hydroxyl groups is 1. The highest BCUT2D eigenvalue weighted by atomic mass is 16.5. The average Bonchev–Trinajstić information content (AvgIpc) is 3.24. The molecule has 27 heavy (non-hydrogen) atoms. The van der Waals surface area contributed by atoms with Crippen LogP contribution in [0.1, 0.15) is 22.9 Å². The minimum absolute atomic E-state index is 0.0260. The molecular weight excluding hydrogens is 344 g/mol. The second-order valence-electron chi connectivity index (χ2n) is 6.24. The first-order chi connectivity index (χ1) is 13.1. The van der Waals surface area contributed by atoms with Crippen LogP contribution in [0.25, 0.3) is 5.76 Å². The second kappa shape index (κ2) is 6.57. The van der Waals surface area contributed by atoms with Crippen LogP contribution in [0, 0.1) is 6.92 Å². The summed E-state index contributed by atoms with van der Waals surface area (Å²) in [7, 11) is 0. The molecule has 0 radical (unpaired) electrons. The first-order valence-corrected chi connectivity index (χ1v) is 8.42. The summed E-state index contributed by atoms with van der Waals surface area (Å²) in [5, 5.41) is 14.7. The summed E-state index contributed by atoms with van der Waals surface area (Å²) < 4.78 is 5.09. The molecule has 1 unspecified atom stereocenters. The molecule has 0 saturated carbocycles. The molecule has 1 atom stereocenters. The number of nitrogens with zero attached hydrogens (tertiary/aromatic N) is 2. The lowest BCUT2D eigenvalue weighted by Gasteiger charge is -2.22. The lowest BCUT2D eigenvalue weighted by molar-refractivity contribution is -0.132. The molecule has 134 valence electrons. The standard InChI is InChI=1S/C21H16N2O4/c1-13-12-16(22-27-13)23-18(14-8-4-2-5-9-14)17(20(25)21(23)26)19(24)15-10-6-3-7-11-15/h2-12,18,24H,1H3. The SMILES string of the molecule is Cc1cc(N2C(=O)C(=O)C(=C(O)c3ccccc3)C2c2ccccc2)no1. The highest BCUT2D eigenvalue weighted by molar-refractivity contribution is 6.51. The maximum absolute atomic E-state index is 12.8. The molecule has 1 aliphatic heterocycles. The molecule has 1 fully saturated rings. The molecule has 4 rings (SSSR count). The Balaban J connectivity index is 1.94. The number of aryl methyl sites for hydroxylation is 1. The Kier molecular flexibility index (Phi) is 4.08. The van der Waals surface area contributed by atoms with E-state index in [2.05, 4.69) is 5.16 Å². The van der Waals surface area contributed by atoms with Crippen molar-refractivity contribution < 1.29 is 19.2 Å². The normalized spacial score (nSPS) is 18.9. The second-order valence-corrected chi connectivity index (χ2v) is 6.24. The Bertz CT molecular complexity index is 1040. The molecule has 2 aromatic carbocycles. The maximum Gasteiger partial charge on any atom is 0.301 e. The van der Waals surface area contributed by atoms with Crippen LogP contribution in [0.3, 0.4) is 0 Å². The van der Waals surface area contributed by atoms with Crippen molar-refractivity contribution in [2.24, 2.45) is 0 Å². The number of hydrogen-bond donors (Lipinski definition) is 1. The van der Waals surface area contributed by atoms with Gasteiger partial charge in [-0.25, -0.2) is 0 Å². The fourth-order valence-electron chi connectivity index (χ4n) is 3.24. The van der Waals surface area contributed by atoms with Gasteiger partial charge in [-0.3, -0.25) is 14.5 Å². The van der Waals surface area contributed by atoms with Gasteiger partial charge in [0.25, 0.3) is 5.78 Å². The topological polar surface area (TPSA) is 83.6 Å². The van der Waals surface area contributed by atoms with Gasteiger partial charge in [0.1, 0.15) is 11.5 Å². The highest BCUT2D eigenvalue weighted by Crippen LogP contribution is 2.41. The van der Waals surface area contributed by atoms with E-state index < -0.39 is 17.7 Å². The Labute approximate surface area is 155 Å². The molecule has 1 N–H and O–H groups in total. The van der Waals surface area contributed by atoms with Crippen molar-refractivity contribution in [3.05, 3.63) is 89.2 Å². The quantitative estimate of drug-likeness (QED) is 0.438. The van der Waals surface area contributed by atoms with Crippen LogP contribution in [-0.2, 0) is 9.59 Å². The molecule has 0 aliphatic carbocycles. The minimum Gasteiger partial charge on any atom is -0.507 e. The van der Waals surface area contributed by atoms with Crippen molar-refractivity contribution in [1.29, 1.82) is 0 Å². The Hall–Kier alpha value is -3.67. The number of rotatable bonds is 3. The average molecular weight is 360 g/mol. The molecule has 1 aliphatic rings. The third kappa shape index (κ3) is 2.81. The minimum atomic E-state index is -0.795. The van der Waals surface area contributed by atoms with E-state index >= 15 is 0 Å². The van der Waals surface area contributed by atoms with Crippen molar-refractivity contribution in [3.8, 4) is 0 Å². The van der Waals surface area contributed by atoms with Gasteiger partial charge in [-0.2, -0.15) is 0 Å². The van der Waals surface area contributed by atoms with E-state index in [0.717, 1.165) is 0 Å². The summed E-state index contributed by atoms with van der Waals surface area (Å²) in [5.41, 5.74) is 1.18. The molecular formula is C21H16N2O4.